The molecule has 0 aromatic heterocycles. The second kappa shape index (κ2) is 5.01. The van der Waals surface area contributed by atoms with Gasteiger partial charge in [0.15, 0.2) is 0 Å². The molecule has 86 valence electrons. The van der Waals surface area contributed by atoms with Gasteiger partial charge in [0, 0.05) is 5.92 Å². The van der Waals surface area contributed by atoms with E-state index in [-0.39, 0.29) is 0 Å². The summed E-state index contributed by atoms with van der Waals surface area (Å²) in [5, 5.41) is 0. The summed E-state index contributed by atoms with van der Waals surface area (Å²) < 4.78 is 0. The van der Waals surface area contributed by atoms with Crippen molar-refractivity contribution in [2.75, 3.05) is 0 Å². The quantitative estimate of drug-likeness (QED) is 0.695. The van der Waals surface area contributed by atoms with Gasteiger partial charge in [-0.25, -0.2) is 0 Å². The highest BCUT2D eigenvalue weighted by atomic mass is 14.1. The van der Waals surface area contributed by atoms with Gasteiger partial charge in [-0.05, 0) is 23.6 Å². The average molecular weight is 222 g/mol. The van der Waals surface area contributed by atoms with Crippen molar-refractivity contribution in [3.8, 4) is 0 Å². The molecule has 2 aromatic carbocycles. The average Bonchev–Trinajstić information content (AvgIpc) is 2.39. The first-order chi connectivity index (χ1) is 8.18. The van der Waals surface area contributed by atoms with Crippen molar-refractivity contribution in [2.24, 2.45) is 0 Å². The maximum Gasteiger partial charge on any atom is 0.00610 e. The second-order valence-electron chi connectivity index (χ2n) is 4.53. The first kappa shape index (κ1) is 11.7. The molecule has 0 heteroatoms. The van der Waals surface area contributed by atoms with Crippen LogP contribution in [0, 0.1) is 0 Å². The van der Waals surface area contributed by atoms with Crippen LogP contribution in [0.15, 0.2) is 61.2 Å². The topological polar surface area (TPSA) is 0 Å². The van der Waals surface area contributed by atoms with Gasteiger partial charge >= 0.3 is 0 Å². The summed E-state index contributed by atoms with van der Waals surface area (Å²) in [6.45, 7) is 8.24. The zero-order chi connectivity index (χ0) is 12.3. The van der Waals surface area contributed by atoms with Gasteiger partial charge in [-0.1, -0.05) is 73.7 Å². The van der Waals surface area contributed by atoms with E-state index in [0.717, 1.165) is 5.57 Å². The Morgan fingerprint density at radius 1 is 0.882 bits per heavy atom. The van der Waals surface area contributed by atoms with E-state index in [0.29, 0.717) is 5.92 Å². The zero-order valence-corrected chi connectivity index (χ0v) is 10.5. The normalized spacial score (nSPS) is 12.1. The molecule has 0 heterocycles. The van der Waals surface area contributed by atoms with E-state index in [9.17, 15) is 0 Å². The number of allylic oxidation sites excluding steroid dienone is 1. The predicted octanol–water partition coefficient (Wildman–Crippen LogP) is 4.87. The Kier molecular flexibility index (Phi) is 3.43. The highest BCUT2D eigenvalue weighted by Gasteiger charge is 2.07. The van der Waals surface area contributed by atoms with Crippen molar-refractivity contribution in [3.05, 3.63) is 77.9 Å². The molecule has 0 N–H and O–H groups in total. The Bertz CT molecular complexity index is 491. The lowest BCUT2D eigenvalue weighted by Gasteiger charge is -2.13. The highest BCUT2D eigenvalue weighted by Crippen LogP contribution is 2.24. The van der Waals surface area contributed by atoms with Crippen LogP contribution in [0.4, 0.5) is 0 Å². The maximum absolute atomic E-state index is 3.96. The van der Waals surface area contributed by atoms with Crippen LogP contribution < -0.4 is 0 Å². The molecule has 17 heavy (non-hydrogen) atoms. The van der Waals surface area contributed by atoms with Gasteiger partial charge in [0.1, 0.15) is 0 Å². The molecular formula is C17H18. The maximum atomic E-state index is 3.96. The predicted molar refractivity (Wildman–Crippen MR) is 75.1 cm³/mol. The van der Waals surface area contributed by atoms with Crippen molar-refractivity contribution in [1.29, 1.82) is 0 Å². The van der Waals surface area contributed by atoms with Crippen LogP contribution in [0.2, 0.25) is 0 Å². The molecule has 0 fully saturated rings. The molecule has 0 bridgehead atoms. The van der Waals surface area contributed by atoms with Crippen molar-refractivity contribution in [2.45, 2.75) is 19.8 Å². The summed E-state index contributed by atoms with van der Waals surface area (Å²) in [5.74, 6) is 0.440. The monoisotopic (exact) mass is 222 g/mol. The molecule has 0 aliphatic rings. The second-order valence-corrected chi connectivity index (χ2v) is 4.53. The Morgan fingerprint density at radius 3 is 1.94 bits per heavy atom. The van der Waals surface area contributed by atoms with E-state index in [2.05, 4.69) is 68.1 Å². The number of benzene rings is 2. The summed E-state index contributed by atoms with van der Waals surface area (Å²) in [6, 6.07) is 19.3. The van der Waals surface area contributed by atoms with Crippen LogP contribution in [-0.2, 0) is 0 Å². The van der Waals surface area contributed by atoms with E-state index < -0.39 is 0 Å². The summed E-state index contributed by atoms with van der Waals surface area (Å²) in [4.78, 5) is 0. The van der Waals surface area contributed by atoms with Gasteiger partial charge in [0.25, 0.3) is 0 Å². The standard InChI is InChI=1S/C17H18/c1-13(2)15-9-11-17(12-10-15)14(3)16-7-5-4-6-8-16/h4-12,14H,1H2,2-3H3. The minimum Gasteiger partial charge on any atom is -0.0955 e. The lowest BCUT2D eigenvalue weighted by Crippen LogP contribution is -1.95. The van der Waals surface area contributed by atoms with Crippen molar-refractivity contribution >= 4 is 5.57 Å². The third-order valence-electron chi connectivity index (χ3n) is 3.20. The first-order valence-corrected chi connectivity index (χ1v) is 5.99. The smallest absolute Gasteiger partial charge is 0.00610 e. The van der Waals surface area contributed by atoms with Gasteiger partial charge in [0.2, 0.25) is 0 Å². The highest BCUT2D eigenvalue weighted by molar-refractivity contribution is 5.61. The molecule has 0 nitrogen and oxygen atoms in total. The molecule has 2 aromatic rings. The zero-order valence-electron chi connectivity index (χ0n) is 10.5. The molecule has 0 radical (unpaired) electrons. The third kappa shape index (κ3) is 2.65. The van der Waals surface area contributed by atoms with Gasteiger partial charge in [0.05, 0.1) is 0 Å². The van der Waals surface area contributed by atoms with Crippen LogP contribution >= 0.6 is 0 Å². The summed E-state index contributed by atoms with van der Waals surface area (Å²) >= 11 is 0. The molecule has 0 aliphatic heterocycles. The first-order valence-electron chi connectivity index (χ1n) is 5.99. The van der Waals surface area contributed by atoms with E-state index in [4.69, 9.17) is 0 Å². The molecule has 1 unspecified atom stereocenters. The molecule has 0 amide bonds. The fourth-order valence-electron chi connectivity index (χ4n) is 1.99. The molecule has 0 spiro atoms. The summed E-state index contributed by atoms with van der Waals surface area (Å²) in [6.07, 6.45) is 0. The third-order valence-corrected chi connectivity index (χ3v) is 3.20. The van der Waals surface area contributed by atoms with Gasteiger partial charge in [-0.3, -0.25) is 0 Å². The lowest BCUT2D eigenvalue weighted by molar-refractivity contribution is 0.922. The molecule has 0 saturated heterocycles. The Balaban J connectivity index is 2.26. The number of hydrogen-bond donors (Lipinski definition) is 0. The minimum absolute atomic E-state index is 0.440. The molecule has 0 saturated carbocycles. The fraction of sp³-hybridized carbons (Fsp3) is 0.176. The Hall–Kier alpha value is -1.82. The molecule has 2 rings (SSSR count). The Labute approximate surface area is 104 Å². The number of rotatable bonds is 3. The van der Waals surface area contributed by atoms with E-state index in [1.807, 2.05) is 6.92 Å². The Morgan fingerprint density at radius 2 is 1.41 bits per heavy atom. The molecular weight excluding hydrogens is 204 g/mol. The van der Waals surface area contributed by atoms with Gasteiger partial charge in [-0.15, -0.1) is 0 Å². The van der Waals surface area contributed by atoms with Crippen molar-refractivity contribution in [1.82, 2.24) is 0 Å². The minimum atomic E-state index is 0.440. The summed E-state index contributed by atoms with van der Waals surface area (Å²) in [7, 11) is 0. The fourth-order valence-corrected chi connectivity index (χ4v) is 1.99. The van der Waals surface area contributed by atoms with Gasteiger partial charge in [-0.2, -0.15) is 0 Å². The summed E-state index contributed by atoms with van der Waals surface area (Å²) in [5.41, 5.74) is 5.04. The van der Waals surface area contributed by atoms with Crippen LogP contribution in [0.3, 0.4) is 0 Å². The van der Waals surface area contributed by atoms with E-state index in [1.165, 1.54) is 16.7 Å². The van der Waals surface area contributed by atoms with Crippen LogP contribution in [0.5, 0.6) is 0 Å². The van der Waals surface area contributed by atoms with E-state index in [1.54, 1.807) is 0 Å². The van der Waals surface area contributed by atoms with Crippen LogP contribution in [0.25, 0.3) is 5.57 Å². The number of hydrogen-bond acceptors (Lipinski definition) is 0. The van der Waals surface area contributed by atoms with Crippen molar-refractivity contribution in [3.63, 3.8) is 0 Å². The molecule has 0 aliphatic carbocycles. The largest absolute Gasteiger partial charge is 0.0955 e. The SMILES string of the molecule is C=C(C)c1ccc(C(C)c2ccccc2)cc1. The lowest BCUT2D eigenvalue weighted by atomic mass is 9.92. The van der Waals surface area contributed by atoms with E-state index >= 15 is 0 Å². The van der Waals surface area contributed by atoms with Crippen LogP contribution in [-0.4, -0.2) is 0 Å². The van der Waals surface area contributed by atoms with Crippen molar-refractivity contribution < 1.29 is 0 Å². The molecule has 1 atom stereocenters. The van der Waals surface area contributed by atoms with Crippen LogP contribution in [0.1, 0.15) is 36.5 Å². The van der Waals surface area contributed by atoms with Gasteiger partial charge < -0.3 is 0 Å².